The molecule has 0 bridgehead atoms. The summed E-state index contributed by atoms with van der Waals surface area (Å²) in [7, 11) is -0.984. The zero-order valence-corrected chi connectivity index (χ0v) is 13.7. The summed E-state index contributed by atoms with van der Waals surface area (Å²) in [4.78, 5) is 14.2. The van der Waals surface area contributed by atoms with Crippen LogP contribution >= 0.6 is 0 Å². The molecule has 1 aromatic rings. The minimum atomic E-state index is -3.70. The average Bonchev–Trinajstić information content (AvgIpc) is 2.53. The minimum absolute atomic E-state index is 0.0356. The van der Waals surface area contributed by atoms with Crippen molar-refractivity contribution in [3.63, 3.8) is 0 Å². The third-order valence-electron chi connectivity index (χ3n) is 3.62. The first kappa shape index (κ1) is 16.7. The van der Waals surface area contributed by atoms with Crippen LogP contribution in [0.3, 0.4) is 0 Å². The number of hydrogen-bond donors (Lipinski definition) is 2. The molecule has 1 saturated heterocycles. The van der Waals surface area contributed by atoms with Crippen LogP contribution in [0, 0.1) is 0 Å². The Morgan fingerprint density at radius 2 is 2.18 bits per heavy atom. The highest BCUT2D eigenvalue weighted by molar-refractivity contribution is 7.89. The lowest BCUT2D eigenvalue weighted by molar-refractivity contribution is 0.0709. The van der Waals surface area contributed by atoms with Crippen molar-refractivity contribution in [1.29, 1.82) is 0 Å². The van der Waals surface area contributed by atoms with E-state index in [1.807, 2.05) is 6.92 Å². The van der Waals surface area contributed by atoms with Gasteiger partial charge in [0.2, 0.25) is 10.0 Å². The SMILES string of the molecule is CNS(=O)(=O)c1cc(C(=O)N2CCNC(C)C2)ccc1OC. The molecule has 0 radical (unpaired) electrons. The highest BCUT2D eigenvalue weighted by Crippen LogP contribution is 2.25. The van der Waals surface area contributed by atoms with Crippen LogP contribution in [0.5, 0.6) is 5.75 Å². The standard InChI is InChI=1S/C14H21N3O4S/c1-10-9-17(7-6-16-10)14(18)11-4-5-12(21-3)13(8-11)22(19,20)15-2/h4-5,8,10,15-16H,6-7,9H2,1-3H3. The lowest BCUT2D eigenvalue weighted by Gasteiger charge is -2.32. The molecule has 1 heterocycles. The van der Waals surface area contributed by atoms with Gasteiger partial charge in [0.25, 0.3) is 5.91 Å². The normalized spacial score (nSPS) is 19.0. The summed E-state index contributed by atoms with van der Waals surface area (Å²) in [6, 6.07) is 4.67. The Balaban J connectivity index is 2.36. The molecule has 122 valence electrons. The Bertz CT molecular complexity index is 660. The fourth-order valence-corrected chi connectivity index (χ4v) is 3.35. The molecular weight excluding hydrogens is 306 g/mol. The first-order valence-electron chi connectivity index (χ1n) is 7.03. The smallest absolute Gasteiger partial charge is 0.253 e. The third-order valence-corrected chi connectivity index (χ3v) is 5.06. The number of nitrogens with zero attached hydrogens (tertiary/aromatic N) is 1. The Hall–Kier alpha value is -1.64. The molecule has 1 aliphatic rings. The second-order valence-corrected chi connectivity index (χ2v) is 7.03. The van der Waals surface area contributed by atoms with Crippen molar-refractivity contribution < 1.29 is 17.9 Å². The maximum Gasteiger partial charge on any atom is 0.253 e. The van der Waals surface area contributed by atoms with Gasteiger partial charge >= 0.3 is 0 Å². The van der Waals surface area contributed by atoms with E-state index in [4.69, 9.17) is 4.74 Å². The maximum atomic E-state index is 12.6. The first-order valence-corrected chi connectivity index (χ1v) is 8.51. The van der Waals surface area contributed by atoms with Crippen molar-refractivity contribution in [2.75, 3.05) is 33.8 Å². The lowest BCUT2D eigenvalue weighted by Crippen LogP contribution is -2.51. The number of rotatable bonds is 4. The summed E-state index contributed by atoms with van der Waals surface area (Å²) in [6.45, 7) is 3.93. The Labute approximate surface area is 130 Å². The lowest BCUT2D eigenvalue weighted by atomic mass is 10.1. The van der Waals surface area contributed by atoms with Gasteiger partial charge in [-0.15, -0.1) is 0 Å². The summed E-state index contributed by atoms with van der Waals surface area (Å²) in [5.74, 6) is 0.0307. The summed E-state index contributed by atoms with van der Waals surface area (Å²) < 4.78 is 31.4. The van der Waals surface area contributed by atoms with Gasteiger partial charge in [0.1, 0.15) is 10.6 Å². The number of methoxy groups -OCH3 is 1. The van der Waals surface area contributed by atoms with Gasteiger partial charge in [0, 0.05) is 31.2 Å². The van der Waals surface area contributed by atoms with Gasteiger partial charge in [0.15, 0.2) is 0 Å². The van der Waals surface area contributed by atoms with Crippen molar-refractivity contribution in [2.45, 2.75) is 17.9 Å². The van der Waals surface area contributed by atoms with E-state index in [0.717, 1.165) is 6.54 Å². The quantitative estimate of drug-likeness (QED) is 0.815. The van der Waals surface area contributed by atoms with Gasteiger partial charge in [0.05, 0.1) is 7.11 Å². The number of carbonyl (C=O) groups is 1. The zero-order chi connectivity index (χ0) is 16.3. The molecule has 0 saturated carbocycles. The number of carbonyl (C=O) groups excluding carboxylic acids is 1. The monoisotopic (exact) mass is 327 g/mol. The van der Waals surface area contributed by atoms with Crippen LogP contribution in [0.2, 0.25) is 0 Å². The van der Waals surface area contributed by atoms with Crippen molar-refractivity contribution in [1.82, 2.24) is 14.9 Å². The van der Waals surface area contributed by atoms with Gasteiger partial charge in [-0.05, 0) is 32.2 Å². The van der Waals surface area contributed by atoms with Gasteiger partial charge < -0.3 is 15.0 Å². The van der Waals surface area contributed by atoms with Crippen LogP contribution in [-0.4, -0.2) is 59.1 Å². The number of benzene rings is 1. The molecule has 0 aliphatic carbocycles. The van der Waals surface area contributed by atoms with Crippen LogP contribution in [0.25, 0.3) is 0 Å². The molecular formula is C14H21N3O4S. The Kier molecular flexibility index (Phi) is 5.05. The van der Waals surface area contributed by atoms with Crippen molar-refractivity contribution in [3.8, 4) is 5.75 Å². The van der Waals surface area contributed by atoms with Crippen LogP contribution in [0.15, 0.2) is 23.1 Å². The van der Waals surface area contributed by atoms with Gasteiger partial charge in [-0.25, -0.2) is 13.1 Å². The number of nitrogens with one attached hydrogen (secondary N) is 2. The summed E-state index contributed by atoms with van der Waals surface area (Å²) >= 11 is 0. The molecule has 1 atom stereocenters. The van der Waals surface area contributed by atoms with E-state index in [1.165, 1.54) is 26.3 Å². The largest absolute Gasteiger partial charge is 0.495 e. The van der Waals surface area contributed by atoms with E-state index < -0.39 is 10.0 Å². The Morgan fingerprint density at radius 1 is 1.45 bits per heavy atom. The summed E-state index contributed by atoms with van der Waals surface area (Å²) in [6.07, 6.45) is 0. The number of amides is 1. The van der Waals surface area contributed by atoms with Crippen molar-refractivity contribution in [2.24, 2.45) is 0 Å². The predicted molar refractivity (Wildman–Crippen MR) is 82.6 cm³/mol. The van der Waals surface area contributed by atoms with E-state index in [9.17, 15) is 13.2 Å². The molecule has 2 rings (SSSR count). The fourth-order valence-electron chi connectivity index (χ4n) is 2.43. The topological polar surface area (TPSA) is 87.7 Å². The molecule has 1 aliphatic heterocycles. The fraction of sp³-hybridized carbons (Fsp3) is 0.500. The summed E-state index contributed by atoms with van der Waals surface area (Å²) in [5, 5.41) is 3.26. The number of piperazine rings is 1. The van der Waals surface area contributed by atoms with Crippen LogP contribution in [0.4, 0.5) is 0 Å². The molecule has 1 aromatic carbocycles. The zero-order valence-electron chi connectivity index (χ0n) is 12.9. The number of sulfonamides is 1. The first-order chi connectivity index (χ1) is 10.4. The summed E-state index contributed by atoms with van der Waals surface area (Å²) in [5.41, 5.74) is 0.337. The van der Waals surface area contributed by atoms with E-state index in [1.54, 1.807) is 11.0 Å². The van der Waals surface area contributed by atoms with Gasteiger partial charge in [-0.1, -0.05) is 0 Å². The van der Waals surface area contributed by atoms with E-state index in [0.29, 0.717) is 18.7 Å². The van der Waals surface area contributed by atoms with E-state index in [-0.39, 0.29) is 22.6 Å². The third kappa shape index (κ3) is 3.40. The number of ether oxygens (including phenoxy) is 1. The molecule has 0 spiro atoms. The Morgan fingerprint density at radius 3 is 2.77 bits per heavy atom. The second kappa shape index (κ2) is 6.64. The molecule has 1 unspecified atom stereocenters. The average molecular weight is 327 g/mol. The molecule has 1 amide bonds. The maximum absolute atomic E-state index is 12.6. The van der Waals surface area contributed by atoms with Crippen molar-refractivity contribution in [3.05, 3.63) is 23.8 Å². The highest BCUT2D eigenvalue weighted by atomic mass is 32.2. The van der Waals surface area contributed by atoms with Gasteiger partial charge in [-0.3, -0.25) is 4.79 Å². The molecule has 1 fully saturated rings. The van der Waals surface area contributed by atoms with E-state index >= 15 is 0 Å². The molecule has 7 nitrogen and oxygen atoms in total. The van der Waals surface area contributed by atoms with Crippen LogP contribution in [0.1, 0.15) is 17.3 Å². The van der Waals surface area contributed by atoms with Crippen molar-refractivity contribution >= 4 is 15.9 Å². The molecule has 2 N–H and O–H groups in total. The highest BCUT2D eigenvalue weighted by Gasteiger charge is 2.25. The minimum Gasteiger partial charge on any atom is -0.495 e. The molecule has 8 heteroatoms. The van der Waals surface area contributed by atoms with Gasteiger partial charge in [-0.2, -0.15) is 0 Å². The van der Waals surface area contributed by atoms with Crippen LogP contribution < -0.4 is 14.8 Å². The predicted octanol–water partition coefficient (Wildman–Crippen LogP) is 0.0372. The number of hydrogen-bond acceptors (Lipinski definition) is 5. The van der Waals surface area contributed by atoms with E-state index in [2.05, 4.69) is 10.0 Å². The molecule has 0 aromatic heterocycles. The van der Waals surface area contributed by atoms with Crippen LogP contribution in [-0.2, 0) is 10.0 Å². The molecule has 22 heavy (non-hydrogen) atoms. The second-order valence-electron chi connectivity index (χ2n) is 5.18.